The number of aliphatic hydroxyl groups is 1. The number of aliphatic hydroxyl groups excluding tert-OH is 1. The molecule has 100 valence electrons. The highest BCUT2D eigenvalue weighted by molar-refractivity contribution is 7.12. The summed E-state index contributed by atoms with van der Waals surface area (Å²) in [7, 11) is 0. The molecule has 0 atom stereocenters. The van der Waals surface area contributed by atoms with Crippen LogP contribution in [-0.2, 0) is 13.0 Å². The molecule has 0 aliphatic rings. The van der Waals surface area contributed by atoms with Crippen LogP contribution in [0.4, 0.5) is 0 Å². The molecule has 0 aliphatic heterocycles. The minimum Gasteiger partial charge on any atom is -0.489 e. The molecular weight excluding hydrogens is 264 g/mol. The lowest BCUT2D eigenvalue weighted by atomic mass is 10.1. The summed E-state index contributed by atoms with van der Waals surface area (Å²) in [5.74, 6) is -0.240. The van der Waals surface area contributed by atoms with E-state index < -0.39 is 5.97 Å². The van der Waals surface area contributed by atoms with E-state index in [1.54, 1.807) is 11.4 Å². The summed E-state index contributed by atoms with van der Waals surface area (Å²) < 4.78 is 5.56. The summed E-state index contributed by atoms with van der Waals surface area (Å²) in [6.07, 6.45) is 0.619. The van der Waals surface area contributed by atoms with Crippen molar-refractivity contribution in [2.75, 3.05) is 6.61 Å². The smallest absolute Gasteiger partial charge is 0.346 e. The average molecular weight is 278 g/mol. The molecule has 19 heavy (non-hydrogen) atoms. The Labute approximate surface area is 114 Å². The summed E-state index contributed by atoms with van der Waals surface area (Å²) >= 11 is 1.19. The van der Waals surface area contributed by atoms with E-state index in [1.165, 1.54) is 11.3 Å². The summed E-state index contributed by atoms with van der Waals surface area (Å²) in [6.45, 7) is 0.363. The standard InChI is InChI=1S/C14H14O4S/c15-7-5-10-1-3-12(4-2-10)18-9-11-6-8-19-13(11)14(16)17/h1-4,6,8,15H,5,7,9H2,(H,16,17). The van der Waals surface area contributed by atoms with Crippen molar-refractivity contribution >= 4 is 17.3 Å². The Balaban J connectivity index is 1.98. The number of benzene rings is 1. The van der Waals surface area contributed by atoms with Gasteiger partial charge in [-0.1, -0.05) is 12.1 Å². The van der Waals surface area contributed by atoms with Crippen molar-refractivity contribution in [1.29, 1.82) is 0 Å². The predicted molar refractivity (Wildman–Crippen MR) is 72.8 cm³/mol. The van der Waals surface area contributed by atoms with Crippen LogP contribution in [-0.4, -0.2) is 22.8 Å². The minimum absolute atomic E-state index is 0.122. The maximum absolute atomic E-state index is 10.9. The topological polar surface area (TPSA) is 66.8 Å². The van der Waals surface area contributed by atoms with E-state index in [2.05, 4.69) is 0 Å². The highest BCUT2D eigenvalue weighted by atomic mass is 32.1. The van der Waals surface area contributed by atoms with Gasteiger partial charge in [0.05, 0.1) is 0 Å². The lowest BCUT2D eigenvalue weighted by Gasteiger charge is -2.06. The van der Waals surface area contributed by atoms with Crippen LogP contribution in [0.1, 0.15) is 20.8 Å². The summed E-state index contributed by atoms with van der Waals surface area (Å²) in [5.41, 5.74) is 1.72. The molecule has 0 radical (unpaired) electrons. The molecule has 2 N–H and O–H groups in total. The van der Waals surface area contributed by atoms with E-state index in [1.807, 2.05) is 24.3 Å². The first-order valence-corrected chi connectivity index (χ1v) is 6.71. The van der Waals surface area contributed by atoms with Gasteiger partial charge in [-0.2, -0.15) is 0 Å². The summed E-state index contributed by atoms with van der Waals surface area (Å²) in [5, 5.41) is 19.5. The first-order valence-electron chi connectivity index (χ1n) is 5.83. The largest absolute Gasteiger partial charge is 0.489 e. The number of hydrogen-bond donors (Lipinski definition) is 2. The molecule has 0 saturated carbocycles. The van der Waals surface area contributed by atoms with E-state index in [4.69, 9.17) is 14.9 Å². The molecule has 0 fully saturated rings. The van der Waals surface area contributed by atoms with Crippen LogP contribution in [0.15, 0.2) is 35.7 Å². The molecule has 1 aromatic heterocycles. The van der Waals surface area contributed by atoms with E-state index >= 15 is 0 Å². The van der Waals surface area contributed by atoms with Crippen LogP contribution < -0.4 is 4.74 Å². The highest BCUT2D eigenvalue weighted by Gasteiger charge is 2.11. The Morgan fingerprint density at radius 1 is 1.21 bits per heavy atom. The van der Waals surface area contributed by atoms with Crippen molar-refractivity contribution in [2.45, 2.75) is 13.0 Å². The number of carboxylic acid groups (broad SMARTS) is 1. The second-order valence-corrected chi connectivity index (χ2v) is 4.90. The van der Waals surface area contributed by atoms with Gasteiger partial charge >= 0.3 is 5.97 Å². The first-order chi connectivity index (χ1) is 9.20. The fourth-order valence-electron chi connectivity index (χ4n) is 1.68. The molecule has 4 nitrogen and oxygen atoms in total. The monoisotopic (exact) mass is 278 g/mol. The molecule has 0 spiro atoms. The Bertz CT molecular complexity index is 545. The van der Waals surface area contributed by atoms with E-state index in [0.29, 0.717) is 22.6 Å². The van der Waals surface area contributed by atoms with Crippen LogP contribution in [0.2, 0.25) is 0 Å². The highest BCUT2D eigenvalue weighted by Crippen LogP contribution is 2.20. The third-order valence-corrected chi connectivity index (χ3v) is 3.60. The zero-order chi connectivity index (χ0) is 13.7. The van der Waals surface area contributed by atoms with Crippen LogP contribution in [0.5, 0.6) is 5.75 Å². The number of hydrogen-bond acceptors (Lipinski definition) is 4. The molecule has 5 heteroatoms. The van der Waals surface area contributed by atoms with Gasteiger partial charge in [0.2, 0.25) is 0 Å². The van der Waals surface area contributed by atoms with Crippen molar-refractivity contribution in [3.8, 4) is 5.75 Å². The molecule has 1 heterocycles. The molecular formula is C14H14O4S. The molecule has 0 unspecified atom stereocenters. The zero-order valence-electron chi connectivity index (χ0n) is 10.2. The number of thiophene rings is 1. The van der Waals surface area contributed by atoms with E-state index in [9.17, 15) is 4.79 Å². The van der Waals surface area contributed by atoms with Crippen molar-refractivity contribution in [1.82, 2.24) is 0 Å². The summed E-state index contributed by atoms with van der Waals surface area (Å²) in [4.78, 5) is 11.3. The van der Waals surface area contributed by atoms with Crippen LogP contribution in [0.3, 0.4) is 0 Å². The number of ether oxygens (including phenoxy) is 1. The fraction of sp³-hybridized carbons (Fsp3) is 0.214. The van der Waals surface area contributed by atoms with Crippen LogP contribution >= 0.6 is 11.3 Å². The number of carbonyl (C=O) groups is 1. The van der Waals surface area contributed by atoms with Gasteiger partial charge in [-0.15, -0.1) is 11.3 Å². The molecule has 0 aliphatic carbocycles. The minimum atomic E-state index is -0.924. The molecule has 1 aromatic carbocycles. The molecule has 2 aromatic rings. The first kappa shape index (κ1) is 13.6. The fourth-order valence-corrected chi connectivity index (χ4v) is 2.43. The molecule has 0 amide bonds. The maximum atomic E-state index is 10.9. The normalized spacial score (nSPS) is 10.4. The number of carboxylic acids is 1. The Kier molecular flexibility index (Phi) is 4.54. The molecule has 2 rings (SSSR count). The van der Waals surface area contributed by atoms with Gasteiger partial charge in [-0.3, -0.25) is 0 Å². The predicted octanol–water partition coefficient (Wildman–Crippen LogP) is 2.56. The van der Waals surface area contributed by atoms with Gasteiger partial charge < -0.3 is 14.9 Å². The van der Waals surface area contributed by atoms with Crippen molar-refractivity contribution in [3.05, 3.63) is 51.7 Å². The van der Waals surface area contributed by atoms with Gasteiger partial charge in [0.15, 0.2) is 0 Å². The maximum Gasteiger partial charge on any atom is 0.346 e. The van der Waals surface area contributed by atoms with Crippen molar-refractivity contribution in [2.24, 2.45) is 0 Å². The van der Waals surface area contributed by atoms with Gasteiger partial charge in [-0.25, -0.2) is 4.79 Å². The molecule has 0 saturated heterocycles. The molecule has 0 bridgehead atoms. The zero-order valence-corrected chi connectivity index (χ0v) is 11.0. The Morgan fingerprint density at radius 2 is 1.95 bits per heavy atom. The quantitative estimate of drug-likeness (QED) is 0.852. The van der Waals surface area contributed by atoms with Gasteiger partial charge in [0.25, 0.3) is 0 Å². The van der Waals surface area contributed by atoms with Crippen LogP contribution in [0, 0.1) is 0 Å². The second kappa shape index (κ2) is 6.36. The van der Waals surface area contributed by atoms with Gasteiger partial charge in [-0.05, 0) is 35.6 Å². The van der Waals surface area contributed by atoms with Gasteiger partial charge in [0, 0.05) is 12.2 Å². The SMILES string of the molecule is O=C(O)c1sccc1COc1ccc(CCO)cc1. The number of rotatable bonds is 6. The van der Waals surface area contributed by atoms with Gasteiger partial charge in [0.1, 0.15) is 17.2 Å². The average Bonchev–Trinajstić information content (AvgIpc) is 2.87. The van der Waals surface area contributed by atoms with Crippen LogP contribution in [0.25, 0.3) is 0 Å². The third kappa shape index (κ3) is 3.56. The van der Waals surface area contributed by atoms with Crippen molar-refractivity contribution < 1.29 is 19.7 Å². The summed E-state index contributed by atoms with van der Waals surface area (Å²) in [6, 6.07) is 9.17. The van der Waals surface area contributed by atoms with E-state index in [-0.39, 0.29) is 13.2 Å². The Hall–Kier alpha value is -1.85. The van der Waals surface area contributed by atoms with E-state index in [0.717, 1.165) is 5.56 Å². The second-order valence-electron chi connectivity index (χ2n) is 3.99. The van der Waals surface area contributed by atoms with Crippen molar-refractivity contribution in [3.63, 3.8) is 0 Å². The lowest BCUT2D eigenvalue weighted by molar-refractivity contribution is 0.0699. The lowest BCUT2D eigenvalue weighted by Crippen LogP contribution is -2.01. The third-order valence-electron chi connectivity index (χ3n) is 2.66. The Morgan fingerprint density at radius 3 is 2.58 bits per heavy atom. The number of aromatic carboxylic acids is 1.